The maximum atomic E-state index is 11.9. The SMILES string of the molecule is O=C(CCn1c(=O)[nH]c(=O)c2ccccc21)NCCCO. The van der Waals surface area contributed by atoms with Crippen LogP contribution >= 0.6 is 0 Å². The molecule has 0 radical (unpaired) electrons. The van der Waals surface area contributed by atoms with E-state index in [-0.39, 0.29) is 25.5 Å². The van der Waals surface area contributed by atoms with Gasteiger partial charge in [0.05, 0.1) is 10.9 Å². The summed E-state index contributed by atoms with van der Waals surface area (Å²) in [7, 11) is 0. The van der Waals surface area contributed by atoms with Crippen LogP contribution in [-0.2, 0) is 11.3 Å². The van der Waals surface area contributed by atoms with Crippen LogP contribution in [-0.4, -0.2) is 33.7 Å². The number of fused-ring (bicyclic) bond motifs is 1. The molecule has 0 saturated heterocycles. The number of H-pyrrole nitrogens is 1. The average Bonchev–Trinajstić information content (AvgIpc) is 2.47. The summed E-state index contributed by atoms with van der Waals surface area (Å²) in [6.07, 6.45) is 0.620. The third-order valence-electron chi connectivity index (χ3n) is 3.12. The highest BCUT2D eigenvalue weighted by Crippen LogP contribution is 2.06. The Morgan fingerprint density at radius 2 is 2.05 bits per heavy atom. The van der Waals surface area contributed by atoms with Crippen molar-refractivity contribution < 1.29 is 9.90 Å². The zero-order valence-corrected chi connectivity index (χ0v) is 11.5. The van der Waals surface area contributed by atoms with Gasteiger partial charge < -0.3 is 10.4 Å². The number of para-hydroxylation sites is 1. The highest BCUT2D eigenvalue weighted by Gasteiger charge is 2.08. The predicted octanol–water partition coefficient (Wildman–Crippen LogP) is -0.422. The van der Waals surface area contributed by atoms with Crippen molar-refractivity contribution in [1.82, 2.24) is 14.9 Å². The van der Waals surface area contributed by atoms with Gasteiger partial charge in [0.25, 0.3) is 5.56 Å². The van der Waals surface area contributed by atoms with Crippen LogP contribution in [0.25, 0.3) is 10.9 Å². The van der Waals surface area contributed by atoms with E-state index in [0.717, 1.165) is 0 Å². The summed E-state index contributed by atoms with van der Waals surface area (Å²) in [5, 5.41) is 11.7. The molecular weight excluding hydrogens is 274 g/mol. The zero-order valence-electron chi connectivity index (χ0n) is 11.5. The molecule has 0 aliphatic rings. The summed E-state index contributed by atoms with van der Waals surface area (Å²) >= 11 is 0. The normalized spacial score (nSPS) is 10.7. The van der Waals surface area contributed by atoms with E-state index in [4.69, 9.17) is 5.11 Å². The molecule has 0 atom stereocenters. The van der Waals surface area contributed by atoms with Crippen molar-refractivity contribution >= 4 is 16.8 Å². The van der Waals surface area contributed by atoms with Gasteiger partial charge in [-0.1, -0.05) is 12.1 Å². The third kappa shape index (κ3) is 3.57. The molecule has 0 aliphatic carbocycles. The van der Waals surface area contributed by atoms with Crippen molar-refractivity contribution in [3.8, 4) is 0 Å². The van der Waals surface area contributed by atoms with E-state index in [1.807, 2.05) is 0 Å². The zero-order chi connectivity index (χ0) is 15.2. The van der Waals surface area contributed by atoms with Crippen molar-refractivity contribution in [3.63, 3.8) is 0 Å². The van der Waals surface area contributed by atoms with E-state index in [0.29, 0.717) is 23.9 Å². The second kappa shape index (κ2) is 6.85. The second-order valence-corrected chi connectivity index (χ2v) is 4.61. The van der Waals surface area contributed by atoms with E-state index in [1.165, 1.54) is 4.57 Å². The number of nitrogens with one attached hydrogen (secondary N) is 2. The number of aryl methyl sites for hydroxylation is 1. The maximum Gasteiger partial charge on any atom is 0.328 e. The first-order valence-corrected chi connectivity index (χ1v) is 6.73. The first-order chi connectivity index (χ1) is 10.1. The summed E-state index contributed by atoms with van der Waals surface area (Å²) < 4.78 is 1.38. The Morgan fingerprint density at radius 3 is 2.81 bits per heavy atom. The molecule has 0 unspecified atom stereocenters. The van der Waals surface area contributed by atoms with Crippen molar-refractivity contribution in [1.29, 1.82) is 0 Å². The quantitative estimate of drug-likeness (QED) is 0.629. The van der Waals surface area contributed by atoms with Crippen LogP contribution in [0.4, 0.5) is 0 Å². The van der Waals surface area contributed by atoms with Crippen molar-refractivity contribution in [3.05, 3.63) is 45.1 Å². The van der Waals surface area contributed by atoms with Crippen molar-refractivity contribution in [2.45, 2.75) is 19.4 Å². The number of carbonyl (C=O) groups is 1. The molecule has 3 N–H and O–H groups in total. The fraction of sp³-hybridized carbons (Fsp3) is 0.357. The third-order valence-corrected chi connectivity index (χ3v) is 3.12. The molecule has 1 amide bonds. The Hall–Kier alpha value is -2.41. The molecule has 1 aromatic heterocycles. The number of hydrogen-bond donors (Lipinski definition) is 3. The molecule has 112 valence electrons. The van der Waals surface area contributed by atoms with Gasteiger partial charge in [0.1, 0.15) is 0 Å². The lowest BCUT2D eigenvalue weighted by Crippen LogP contribution is -2.32. The summed E-state index contributed by atoms with van der Waals surface area (Å²) in [4.78, 5) is 37.4. The summed E-state index contributed by atoms with van der Waals surface area (Å²) in [6, 6.07) is 6.76. The Balaban J connectivity index is 2.17. The van der Waals surface area contributed by atoms with Crippen molar-refractivity contribution in [2.75, 3.05) is 13.2 Å². The number of nitrogens with zero attached hydrogens (tertiary/aromatic N) is 1. The number of aromatic nitrogens is 2. The molecule has 0 fully saturated rings. The minimum Gasteiger partial charge on any atom is -0.396 e. The van der Waals surface area contributed by atoms with Gasteiger partial charge >= 0.3 is 5.69 Å². The summed E-state index contributed by atoms with van der Waals surface area (Å²) in [5.41, 5.74) is -0.449. The van der Waals surface area contributed by atoms with E-state index in [9.17, 15) is 14.4 Å². The second-order valence-electron chi connectivity index (χ2n) is 4.61. The van der Waals surface area contributed by atoms with Crippen LogP contribution in [0.3, 0.4) is 0 Å². The molecule has 2 rings (SSSR count). The van der Waals surface area contributed by atoms with E-state index < -0.39 is 11.2 Å². The Labute approximate surface area is 120 Å². The van der Waals surface area contributed by atoms with Crippen LogP contribution in [0.1, 0.15) is 12.8 Å². The molecule has 0 saturated carbocycles. The first-order valence-electron chi connectivity index (χ1n) is 6.73. The number of hydrogen-bond acceptors (Lipinski definition) is 4. The molecule has 2 aromatic rings. The molecule has 1 aromatic carbocycles. The monoisotopic (exact) mass is 291 g/mol. The fourth-order valence-electron chi connectivity index (χ4n) is 2.07. The molecule has 1 heterocycles. The lowest BCUT2D eigenvalue weighted by Gasteiger charge is -2.09. The maximum absolute atomic E-state index is 11.9. The predicted molar refractivity (Wildman–Crippen MR) is 78.2 cm³/mol. The number of aromatic amines is 1. The highest BCUT2D eigenvalue weighted by atomic mass is 16.3. The number of amides is 1. The van der Waals surface area contributed by atoms with Crippen LogP contribution in [0.2, 0.25) is 0 Å². The van der Waals surface area contributed by atoms with Gasteiger partial charge in [-0.05, 0) is 18.6 Å². The van der Waals surface area contributed by atoms with Crippen LogP contribution < -0.4 is 16.6 Å². The fourth-order valence-corrected chi connectivity index (χ4v) is 2.07. The molecule has 0 bridgehead atoms. The molecular formula is C14H17N3O4. The van der Waals surface area contributed by atoms with Crippen LogP contribution in [0.5, 0.6) is 0 Å². The molecule has 7 nitrogen and oxygen atoms in total. The molecule has 0 aliphatic heterocycles. The lowest BCUT2D eigenvalue weighted by atomic mass is 10.2. The van der Waals surface area contributed by atoms with E-state index >= 15 is 0 Å². The number of benzene rings is 1. The smallest absolute Gasteiger partial charge is 0.328 e. The summed E-state index contributed by atoms with van der Waals surface area (Å²) in [6.45, 7) is 0.599. The molecule has 0 spiro atoms. The first kappa shape index (κ1) is 15.0. The number of carbonyl (C=O) groups excluding carboxylic acids is 1. The van der Waals surface area contributed by atoms with Crippen LogP contribution in [0.15, 0.2) is 33.9 Å². The van der Waals surface area contributed by atoms with Gasteiger partial charge in [0, 0.05) is 26.1 Å². The van der Waals surface area contributed by atoms with Gasteiger partial charge in [-0.25, -0.2) is 4.79 Å². The largest absolute Gasteiger partial charge is 0.396 e. The van der Waals surface area contributed by atoms with Gasteiger partial charge in [-0.3, -0.25) is 19.1 Å². The highest BCUT2D eigenvalue weighted by molar-refractivity contribution is 5.78. The Bertz CT molecular complexity index is 748. The standard InChI is InChI=1S/C14H17N3O4/c18-9-3-7-15-12(19)6-8-17-11-5-2-1-4-10(11)13(20)16-14(17)21/h1-2,4-5,18H,3,6-9H2,(H,15,19)(H,16,20,21). The Morgan fingerprint density at radius 1 is 1.29 bits per heavy atom. The van der Waals surface area contributed by atoms with E-state index in [2.05, 4.69) is 10.3 Å². The number of aliphatic hydroxyl groups is 1. The number of aliphatic hydroxyl groups excluding tert-OH is 1. The van der Waals surface area contributed by atoms with Gasteiger partial charge in [-0.15, -0.1) is 0 Å². The van der Waals surface area contributed by atoms with Gasteiger partial charge in [0.15, 0.2) is 0 Å². The Kier molecular flexibility index (Phi) is 4.89. The lowest BCUT2D eigenvalue weighted by molar-refractivity contribution is -0.121. The minimum atomic E-state index is -0.526. The van der Waals surface area contributed by atoms with E-state index in [1.54, 1.807) is 24.3 Å². The number of rotatable bonds is 6. The van der Waals surface area contributed by atoms with Gasteiger partial charge in [0.2, 0.25) is 5.91 Å². The average molecular weight is 291 g/mol. The summed E-state index contributed by atoms with van der Waals surface area (Å²) in [5.74, 6) is -0.203. The van der Waals surface area contributed by atoms with Crippen molar-refractivity contribution in [2.24, 2.45) is 0 Å². The molecule has 7 heteroatoms. The minimum absolute atomic E-state index is 0.0182. The van der Waals surface area contributed by atoms with Crippen LogP contribution in [0, 0.1) is 0 Å². The molecule has 21 heavy (non-hydrogen) atoms. The topological polar surface area (TPSA) is 104 Å². The van der Waals surface area contributed by atoms with Gasteiger partial charge in [-0.2, -0.15) is 0 Å².